The van der Waals surface area contributed by atoms with Crippen molar-refractivity contribution in [3.63, 3.8) is 0 Å². The van der Waals surface area contributed by atoms with Crippen LogP contribution in [0.2, 0.25) is 0 Å². The van der Waals surface area contributed by atoms with Crippen LogP contribution >= 0.6 is 0 Å². The van der Waals surface area contributed by atoms with Crippen LogP contribution in [0.4, 0.5) is 5.69 Å². The molecular formula is C13H18N4O2S. The lowest BCUT2D eigenvalue weighted by molar-refractivity contribution is 0.600. The predicted octanol–water partition coefficient (Wildman–Crippen LogP) is 1.43. The van der Waals surface area contributed by atoms with E-state index in [0.717, 1.165) is 5.56 Å². The maximum absolute atomic E-state index is 12.2. The molecule has 7 heteroatoms. The summed E-state index contributed by atoms with van der Waals surface area (Å²) in [6.07, 6.45) is 0. The van der Waals surface area contributed by atoms with Crippen LogP contribution in [-0.2, 0) is 22.3 Å². The number of nitrogens with zero attached hydrogens (tertiary/aromatic N) is 1. The quantitative estimate of drug-likeness (QED) is 0.776. The van der Waals surface area contributed by atoms with Crippen molar-refractivity contribution in [3.8, 4) is 0 Å². The van der Waals surface area contributed by atoms with E-state index in [9.17, 15) is 8.42 Å². The number of aromatic nitrogens is 2. The van der Waals surface area contributed by atoms with Crippen molar-refractivity contribution >= 4 is 15.7 Å². The maximum atomic E-state index is 12.2. The van der Waals surface area contributed by atoms with E-state index in [-0.39, 0.29) is 5.75 Å². The van der Waals surface area contributed by atoms with Gasteiger partial charge in [-0.3, -0.25) is 9.82 Å². The van der Waals surface area contributed by atoms with E-state index in [0.29, 0.717) is 29.2 Å². The molecule has 0 radical (unpaired) electrons. The Hall–Kier alpha value is -1.86. The predicted molar refractivity (Wildman–Crippen MR) is 78.6 cm³/mol. The SMILES string of the molecule is Cc1n[nH]c(C)c1NS(=O)(=O)Cc1cccc(CN)c1. The zero-order valence-corrected chi connectivity index (χ0v) is 12.3. The number of rotatable bonds is 5. The van der Waals surface area contributed by atoms with E-state index >= 15 is 0 Å². The van der Waals surface area contributed by atoms with Gasteiger partial charge in [0, 0.05) is 6.54 Å². The van der Waals surface area contributed by atoms with E-state index in [1.807, 2.05) is 6.07 Å². The van der Waals surface area contributed by atoms with E-state index in [1.54, 1.807) is 32.0 Å². The van der Waals surface area contributed by atoms with Crippen LogP contribution in [0.15, 0.2) is 24.3 Å². The second-order valence-electron chi connectivity index (χ2n) is 4.69. The molecule has 1 heterocycles. The third kappa shape index (κ3) is 3.37. The number of hydrogen-bond acceptors (Lipinski definition) is 4. The van der Waals surface area contributed by atoms with Gasteiger partial charge in [-0.05, 0) is 25.0 Å². The first-order chi connectivity index (χ1) is 9.41. The fourth-order valence-electron chi connectivity index (χ4n) is 1.96. The Morgan fingerprint density at radius 1 is 1.30 bits per heavy atom. The summed E-state index contributed by atoms with van der Waals surface area (Å²) >= 11 is 0. The molecule has 0 atom stereocenters. The fraction of sp³-hybridized carbons (Fsp3) is 0.308. The molecule has 0 aliphatic rings. The zero-order chi connectivity index (χ0) is 14.8. The van der Waals surface area contributed by atoms with Crippen LogP contribution in [0.25, 0.3) is 0 Å². The molecule has 0 saturated heterocycles. The molecule has 0 aliphatic carbocycles. The molecule has 1 aromatic carbocycles. The fourth-order valence-corrected chi connectivity index (χ4v) is 3.26. The third-order valence-corrected chi connectivity index (χ3v) is 4.20. The summed E-state index contributed by atoms with van der Waals surface area (Å²) in [6, 6.07) is 7.25. The second-order valence-corrected chi connectivity index (χ2v) is 6.42. The van der Waals surface area contributed by atoms with Gasteiger partial charge in [0.25, 0.3) is 0 Å². The van der Waals surface area contributed by atoms with Crippen molar-refractivity contribution in [3.05, 3.63) is 46.8 Å². The van der Waals surface area contributed by atoms with Gasteiger partial charge in [0.2, 0.25) is 10.0 Å². The van der Waals surface area contributed by atoms with Crippen molar-refractivity contribution < 1.29 is 8.42 Å². The van der Waals surface area contributed by atoms with Crippen molar-refractivity contribution in [1.29, 1.82) is 0 Å². The minimum absolute atomic E-state index is 0.0924. The Morgan fingerprint density at radius 2 is 2.00 bits per heavy atom. The number of hydrogen-bond donors (Lipinski definition) is 3. The van der Waals surface area contributed by atoms with E-state index in [2.05, 4.69) is 14.9 Å². The Balaban J connectivity index is 2.19. The van der Waals surface area contributed by atoms with Crippen LogP contribution in [0.5, 0.6) is 0 Å². The smallest absolute Gasteiger partial charge is 0.237 e. The molecule has 0 bridgehead atoms. The monoisotopic (exact) mass is 294 g/mol. The Morgan fingerprint density at radius 3 is 2.60 bits per heavy atom. The molecule has 0 saturated carbocycles. The average Bonchev–Trinajstić information content (AvgIpc) is 2.70. The first-order valence-electron chi connectivity index (χ1n) is 6.21. The molecule has 0 fully saturated rings. The molecule has 0 amide bonds. The van der Waals surface area contributed by atoms with Gasteiger partial charge < -0.3 is 5.73 Å². The lowest BCUT2D eigenvalue weighted by Gasteiger charge is -2.09. The van der Waals surface area contributed by atoms with Gasteiger partial charge in [0.1, 0.15) is 0 Å². The molecular weight excluding hydrogens is 276 g/mol. The summed E-state index contributed by atoms with van der Waals surface area (Å²) in [7, 11) is -3.48. The largest absolute Gasteiger partial charge is 0.326 e. The summed E-state index contributed by atoms with van der Waals surface area (Å²) in [4.78, 5) is 0. The summed E-state index contributed by atoms with van der Waals surface area (Å²) in [5, 5.41) is 6.71. The van der Waals surface area contributed by atoms with Crippen LogP contribution in [0, 0.1) is 13.8 Å². The number of aryl methyl sites for hydroxylation is 2. The number of aromatic amines is 1. The van der Waals surface area contributed by atoms with Gasteiger partial charge in [-0.1, -0.05) is 24.3 Å². The van der Waals surface area contributed by atoms with Gasteiger partial charge in [-0.15, -0.1) is 0 Å². The van der Waals surface area contributed by atoms with Crippen molar-refractivity contribution in [2.24, 2.45) is 5.73 Å². The molecule has 2 aromatic rings. The van der Waals surface area contributed by atoms with Gasteiger partial charge in [0.15, 0.2) is 0 Å². The van der Waals surface area contributed by atoms with E-state index in [4.69, 9.17) is 5.73 Å². The molecule has 0 aliphatic heterocycles. The van der Waals surface area contributed by atoms with Gasteiger partial charge >= 0.3 is 0 Å². The van der Waals surface area contributed by atoms with Gasteiger partial charge in [-0.25, -0.2) is 8.42 Å². The average molecular weight is 294 g/mol. The first-order valence-corrected chi connectivity index (χ1v) is 7.86. The number of anilines is 1. The first kappa shape index (κ1) is 14.5. The molecule has 0 unspecified atom stereocenters. The standard InChI is InChI=1S/C13H18N4O2S/c1-9-13(10(2)16-15-9)17-20(18,19)8-12-5-3-4-11(6-12)7-14/h3-6,17H,7-8,14H2,1-2H3,(H,15,16). The van der Waals surface area contributed by atoms with Crippen LogP contribution in [0.3, 0.4) is 0 Å². The number of benzene rings is 1. The van der Waals surface area contributed by atoms with Crippen molar-refractivity contribution in [2.45, 2.75) is 26.1 Å². The van der Waals surface area contributed by atoms with Crippen LogP contribution in [-0.4, -0.2) is 18.6 Å². The molecule has 6 nitrogen and oxygen atoms in total. The highest BCUT2D eigenvalue weighted by Gasteiger charge is 2.16. The highest BCUT2D eigenvalue weighted by Crippen LogP contribution is 2.19. The van der Waals surface area contributed by atoms with E-state index < -0.39 is 10.0 Å². The summed E-state index contributed by atoms with van der Waals surface area (Å²) in [6.45, 7) is 3.91. The Bertz CT molecular complexity index is 687. The molecule has 20 heavy (non-hydrogen) atoms. The molecule has 0 spiro atoms. The molecule has 1 aromatic heterocycles. The molecule has 4 N–H and O–H groups in total. The highest BCUT2D eigenvalue weighted by atomic mass is 32.2. The molecule has 108 valence electrons. The van der Waals surface area contributed by atoms with Crippen molar-refractivity contribution in [2.75, 3.05) is 4.72 Å². The van der Waals surface area contributed by atoms with Crippen LogP contribution < -0.4 is 10.5 Å². The zero-order valence-electron chi connectivity index (χ0n) is 11.5. The number of sulfonamides is 1. The second kappa shape index (κ2) is 5.64. The van der Waals surface area contributed by atoms with Gasteiger partial charge in [-0.2, -0.15) is 5.10 Å². The number of H-pyrrole nitrogens is 1. The number of nitrogens with one attached hydrogen (secondary N) is 2. The Labute approximate surface area is 118 Å². The third-order valence-electron chi connectivity index (χ3n) is 2.97. The summed E-state index contributed by atoms with van der Waals surface area (Å²) < 4.78 is 26.9. The van der Waals surface area contributed by atoms with Crippen LogP contribution in [0.1, 0.15) is 22.5 Å². The number of nitrogens with two attached hydrogens (primary N) is 1. The summed E-state index contributed by atoms with van der Waals surface area (Å²) in [5.74, 6) is -0.0924. The van der Waals surface area contributed by atoms with E-state index in [1.165, 1.54) is 0 Å². The maximum Gasteiger partial charge on any atom is 0.237 e. The molecule has 2 rings (SSSR count). The highest BCUT2D eigenvalue weighted by molar-refractivity contribution is 7.91. The Kier molecular flexibility index (Phi) is 4.10. The lowest BCUT2D eigenvalue weighted by atomic mass is 10.1. The summed E-state index contributed by atoms with van der Waals surface area (Å²) in [5.41, 5.74) is 9.01. The minimum Gasteiger partial charge on any atom is -0.326 e. The topological polar surface area (TPSA) is 101 Å². The van der Waals surface area contributed by atoms with Crippen molar-refractivity contribution in [1.82, 2.24) is 10.2 Å². The minimum atomic E-state index is -3.48. The lowest BCUT2D eigenvalue weighted by Crippen LogP contribution is -2.16. The van der Waals surface area contributed by atoms with Gasteiger partial charge in [0.05, 0.1) is 22.8 Å². The normalized spacial score (nSPS) is 11.6.